The maximum Gasteiger partial charge on any atom is 0.120 e. The Morgan fingerprint density at radius 1 is 1.25 bits per heavy atom. The number of likely N-dealkylation sites (N-methyl/N-ethyl adjacent to an activating group) is 1. The number of rotatable bonds is 8. The van der Waals surface area contributed by atoms with Gasteiger partial charge in [-0.1, -0.05) is 0 Å². The van der Waals surface area contributed by atoms with E-state index < -0.39 is 0 Å². The van der Waals surface area contributed by atoms with Crippen LogP contribution in [-0.4, -0.2) is 36.6 Å². The highest BCUT2D eigenvalue weighted by atomic mass is 16.3. The summed E-state index contributed by atoms with van der Waals surface area (Å²) in [5, 5.41) is 3.47. The molecular formula is C16H23N3O. The molecule has 0 saturated heterocycles. The van der Waals surface area contributed by atoms with Gasteiger partial charge in [0.25, 0.3) is 0 Å². The molecule has 1 N–H and O–H groups in total. The summed E-state index contributed by atoms with van der Waals surface area (Å²) in [5.41, 5.74) is 1.34. The van der Waals surface area contributed by atoms with Gasteiger partial charge in [0.15, 0.2) is 0 Å². The minimum atomic E-state index is 0.263. The minimum Gasteiger partial charge on any atom is -0.468 e. The van der Waals surface area contributed by atoms with Crippen LogP contribution in [0.1, 0.15) is 24.3 Å². The standard InChI is InChI=1S/C16H23N3O/c1-14(16-4-3-13-20-16)18-10-12-19(2)11-7-15-5-8-17-9-6-15/h3-6,8-9,13-14,18H,7,10-12H2,1-2H3. The van der Waals surface area contributed by atoms with Gasteiger partial charge in [-0.2, -0.15) is 0 Å². The van der Waals surface area contributed by atoms with Gasteiger partial charge >= 0.3 is 0 Å². The van der Waals surface area contributed by atoms with Crippen molar-refractivity contribution in [1.82, 2.24) is 15.2 Å². The number of nitrogens with one attached hydrogen (secondary N) is 1. The van der Waals surface area contributed by atoms with E-state index in [2.05, 4.69) is 41.3 Å². The van der Waals surface area contributed by atoms with E-state index in [1.807, 2.05) is 24.5 Å². The Morgan fingerprint density at radius 3 is 2.75 bits per heavy atom. The van der Waals surface area contributed by atoms with Crippen LogP contribution in [0, 0.1) is 0 Å². The van der Waals surface area contributed by atoms with Crippen molar-refractivity contribution >= 4 is 0 Å². The normalized spacial score (nSPS) is 12.8. The Balaban J connectivity index is 1.62. The molecule has 4 nitrogen and oxygen atoms in total. The maximum atomic E-state index is 5.38. The summed E-state index contributed by atoms with van der Waals surface area (Å²) < 4.78 is 5.38. The summed E-state index contributed by atoms with van der Waals surface area (Å²) in [6.45, 7) is 5.15. The fourth-order valence-electron chi connectivity index (χ4n) is 2.09. The van der Waals surface area contributed by atoms with Crippen LogP contribution in [0.2, 0.25) is 0 Å². The Hall–Kier alpha value is -1.65. The van der Waals surface area contributed by atoms with Gasteiger partial charge in [0.2, 0.25) is 0 Å². The third kappa shape index (κ3) is 4.79. The molecule has 2 aromatic heterocycles. The largest absolute Gasteiger partial charge is 0.468 e. The third-order valence-electron chi connectivity index (χ3n) is 3.45. The van der Waals surface area contributed by atoms with Crippen molar-refractivity contribution in [3.8, 4) is 0 Å². The van der Waals surface area contributed by atoms with E-state index in [4.69, 9.17) is 4.42 Å². The van der Waals surface area contributed by atoms with Crippen LogP contribution in [0.25, 0.3) is 0 Å². The third-order valence-corrected chi connectivity index (χ3v) is 3.45. The predicted octanol–water partition coefficient (Wildman–Crippen LogP) is 2.50. The minimum absolute atomic E-state index is 0.263. The lowest BCUT2D eigenvalue weighted by atomic mass is 10.2. The van der Waals surface area contributed by atoms with Gasteiger partial charge in [0.05, 0.1) is 12.3 Å². The molecule has 0 spiro atoms. The lowest BCUT2D eigenvalue weighted by molar-refractivity contribution is 0.323. The van der Waals surface area contributed by atoms with Gasteiger partial charge in [-0.05, 0) is 50.2 Å². The van der Waals surface area contributed by atoms with Crippen molar-refractivity contribution in [3.63, 3.8) is 0 Å². The first-order valence-electron chi connectivity index (χ1n) is 7.10. The average molecular weight is 273 g/mol. The van der Waals surface area contributed by atoms with Crippen LogP contribution in [-0.2, 0) is 6.42 Å². The molecule has 0 aliphatic heterocycles. The van der Waals surface area contributed by atoms with Gasteiger partial charge in [-0.15, -0.1) is 0 Å². The van der Waals surface area contributed by atoms with E-state index in [0.717, 1.165) is 31.8 Å². The van der Waals surface area contributed by atoms with E-state index in [1.54, 1.807) is 6.26 Å². The first-order chi connectivity index (χ1) is 9.75. The average Bonchev–Trinajstić information content (AvgIpc) is 3.00. The van der Waals surface area contributed by atoms with Crippen molar-refractivity contribution in [1.29, 1.82) is 0 Å². The lowest BCUT2D eigenvalue weighted by Crippen LogP contribution is -2.31. The van der Waals surface area contributed by atoms with E-state index in [1.165, 1.54) is 5.56 Å². The van der Waals surface area contributed by atoms with Crippen molar-refractivity contribution in [2.75, 3.05) is 26.7 Å². The van der Waals surface area contributed by atoms with Crippen LogP contribution in [0.3, 0.4) is 0 Å². The first-order valence-corrected chi connectivity index (χ1v) is 7.10. The van der Waals surface area contributed by atoms with Crippen LogP contribution in [0.5, 0.6) is 0 Å². The number of furan rings is 1. The molecule has 20 heavy (non-hydrogen) atoms. The molecule has 4 heteroatoms. The predicted molar refractivity (Wildman–Crippen MR) is 80.6 cm³/mol. The van der Waals surface area contributed by atoms with E-state index in [-0.39, 0.29) is 6.04 Å². The number of aromatic nitrogens is 1. The number of hydrogen-bond acceptors (Lipinski definition) is 4. The highest BCUT2D eigenvalue weighted by Gasteiger charge is 2.07. The second kappa shape index (κ2) is 7.82. The van der Waals surface area contributed by atoms with Crippen molar-refractivity contribution in [2.45, 2.75) is 19.4 Å². The lowest BCUT2D eigenvalue weighted by Gasteiger charge is -2.18. The molecule has 1 atom stereocenters. The molecule has 0 aromatic carbocycles. The Morgan fingerprint density at radius 2 is 2.05 bits per heavy atom. The maximum absolute atomic E-state index is 5.38. The van der Waals surface area contributed by atoms with Gasteiger partial charge in [0.1, 0.15) is 5.76 Å². The fraction of sp³-hybridized carbons (Fsp3) is 0.438. The quantitative estimate of drug-likeness (QED) is 0.802. The monoisotopic (exact) mass is 273 g/mol. The second-order valence-electron chi connectivity index (χ2n) is 5.10. The summed E-state index contributed by atoms with van der Waals surface area (Å²) in [6.07, 6.45) is 6.48. The number of nitrogens with zero attached hydrogens (tertiary/aromatic N) is 2. The van der Waals surface area contributed by atoms with Crippen molar-refractivity contribution in [3.05, 3.63) is 54.2 Å². The summed E-state index contributed by atoms with van der Waals surface area (Å²) in [5.74, 6) is 0.990. The molecule has 0 radical (unpaired) electrons. The summed E-state index contributed by atoms with van der Waals surface area (Å²) in [4.78, 5) is 6.37. The highest BCUT2D eigenvalue weighted by Crippen LogP contribution is 2.11. The Labute approximate surface area is 120 Å². The van der Waals surface area contributed by atoms with Crippen LogP contribution >= 0.6 is 0 Å². The molecule has 2 rings (SSSR count). The molecule has 2 aromatic rings. The molecule has 0 bridgehead atoms. The van der Waals surface area contributed by atoms with Crippen LogP contribution in [0.15, 0.2) is 47.3 Å². The van der Waals surface area contributed by atoms with E-state index >= 15 is 0 Å². The zero-order valence-electron chi connectivity index (χ0n) is 12.2. The van der Waals surface area contributed by atoms with Gasteiger partial charge in [-0.3, -0.25) is 4.98 Å². The topological polar surface area (TPSA) is 41.3 Å². The summed E-state index contributed by atoms with van der Waals surface area (Å²) >= 11 is 0. The first kappa shape index (κ1) is 14.8. The van der Waals surface area contributed by atoms with Gasteiger partial charge in [0, 0.05) is 32.0 Å². The molecule has 108 valence electrons. The molecule has 0 aliphatic rings. The van der Waals surface area contributed by atoms with E-state index in [0.29, 0.717) is 0 Å². The SMILES string of the molecule is CC(NCCN(C)CCc1ccncc1)c1ccco1. The highest BCUT2D eigenvalue weighted by molar-refractivity contribution is 5.09. The zero-order valence-corrected chi connectivity index (χ0v) is 12.2. The van der Waals surface area contributed by atoms with Gasteiger partial charge in [-0.25, -0.2) is 0 Å². The van der Waals surface area contributed by atoms with Crippen LogP contribution in [0.4, 0.5) is 0 Å². The Kier molecular flexibility index (Phi) is 5.77. The fourth-order valence-corrected chi connectivity index (χ4v) is 2.09. The van der Waals surface area contributed by atoms with Crippen molar-refractivity contribution < 1.29 is 4.42 Å². The molecule has 1 unspecified atom stereocenters. The van der Waals surface area contributed by atoms with Crippen molar-refractivity contribution in [2.24, 2.45) is 0 Å². The Bertz CT molecular complexity index is 470. The zero-order chi connectivity index (χ0) is 14.2. The molecule has 0 fully saturated rings. The molecule has 0 saturated carbocycles. The molecule has 0 aliphatic carbocycles. The summed E-state index contributed by atoms with van der Waals surface area (Å²) in [6, 6.07) is 8.34. The van der Waals surface area contributed by atoms with Crippen LogP contribution < -0.4 is 5.32 Å². The number of pyridine rings is 1. The number of hydrogen-bond donors (Lipinski definition) is 1. The van der Waals surface area contributed by atoms with E-state index in [9.17, 15) is 0 Å². The summed E-state index contributed by atoms with van der Waals surface area (Å²) in [7, 11) is 2.15. The molecular weight excluding hydrogens is 250 g/mol. The second-order valence-corrected chi connectivity index (χ2v) is 5.10. The smallest absolute Gasteiger partial charge is 0.120 e. The molecule has 0 amide bonds. The van der Waals surface area contributed by atoms with Gasteiger partial charge < -0.3 is 14.6 Å². The molecule has 2 heterocycles.